The Morgan fingerprint density at radius 3 is 2.08 bits per heavy atom. The summed E-state index contributed by atoms with van der Waals surface area (Å²) >= 11 is 0. The first-order valence-corrected chi connectivity index (χ1v) is 5.41. The predicted molar refractivity (Wildman–Crippen MR) is 55.1 cm³/mol. The summed E-state index contributed by atoms with van der Waals surface area (Å²) in [7, 11) is 0. The summed E-state index contributed by atoms with van der Waals surface area (Å²) in [5, 5.41) is 0. The minimum Gasteiger partial charge on any atom is -0.0625 e. The molecular weight excluding hydrogens is 144 g/mol. The van der Waals surface area contributed by atoms with Crippen LogP contribution in [0, 0.1) is 23.2 Å². The molecule has 3 unspecified atom stereocenters. The van der Waals surface area contributed by atoms with Gasteiger partial charge >= 0.3 is 0 Å². The number of hydrogen-bond donors (Lipinski definition) is 0. The summed E-state index contributed by atoms with van der Waals surface area (Å²) < 4.78 is 0. The van der Waals surface area contributed by atoms with Gasteiger partial charge in [0.25, 0.3) is 0 Å². The lowest BCUT2D eigenvalue weighted by atomic mass is 9.73. The van der Waals surface area contributed by atoms with Crippen molar-refractivity contribution in [1.82, 2.24) is 0 Å². The molecule has 3 atom stereocenters. The summed E-state index contributed by atoms with van der Waals surface area (Å²) in [6.07, 6.45) is 4.41. The molecule has 0 spiro atoms. The zero-order valence-corrected chi connectivity index (χ0v) is 9.35. The van der Waals surface area contributed by atoms with Gasteiger partial charge in [0.1, 0.15) is 0 Å². The molecule has 0 saturated heterocycles. The lowest BCUT2D eigenvalue weighted by Crippen LogP contribution is -2.24. The smallest absolute Gasteiger partial charge is 0.0354 e. The maximum absolute atomic E-state index is 2.43. The summed E-state index contributed by atoms with van der Waals surface area (Å²) in [5.74, 6) is 2.88. The van der Waals surface area contributed by atoms with Crippen LogP contribution >= 0.6 is 0 Å². The summed E-state index contributed by atoms with van der Waals surface area (Å²) in [6, 6.07) is 0. The Bertz CT molecular complexity index is 141. The normalized spacial score (nSPS) is 33.8. The molecule has 1 fully saturated rings. The highest BCUT2D eigenvalue weighted by Crippen LogP contribution is 2.42. The van der Waals surface area contributed by atoms with E-state index < -0.39 is 0 Å². The maximum Gasteiger partial charge on any atom is -0.0354 e. The molecule has 1 saturated carbocycles. The van der Waals surface area contributed by atoms with Gasteiger partial charge in [-0.25, -0.2) is 0 Å². The van der Waals surface area contributed by atoms with Crippen molar-refractivity contribution in [3.8, 4) is 0 Å². The first-order valence-electron chi connectivity index (χ1n) is 5.41. The molecule has 1 rings (SSSR count). The Kier molecular flexibility index (Phi) is 2.85. The van der Waals surface area contributed by atoms with Crippen LogP contribution < -0.4 is 0 Å². The van der Waals surface area contributed by atoms with Crippen LogP contribution in [0.25, 0.3) is 0 Å². The Balaban J connectivity index is 2.48. The number of hydrogen-bond acceptors (Lipinski definition) is 0. The predicted octanol–water partition coefficient (Wildman–Crippen LogP) is 4.10. The fraction of sp³-hybridized carbons (Fsp3) is 1.00. The van der Waals surface area contributed by atoms with Gasteiger partial charge in [0.05, 0.1) is 0 Å². The molecule has 0 aliphatic heterocycles. The van der Waals surface area contributed by atoms with E-state index >= 15 is 0 Å². The molecule has 0 nitrogen and oxygen atoms in total. The van der Waals surface area contributed by atoms with Gasteiger partial charge < -0.3 is 0 Å². The van der Waals surface area contributed by atoms with Crippen molar-refractivity contribution >= 4 is 0 Å². The fourth-order valence-corrected chi connectivity index (χ4v) is 2.41. The van der Waals surface area contributed by atoms with Gasteiger partial charge in [-0.05, 0) is 36.0 Å². The van der Waals surface area contributed by atoms with Crippen molar-refractivity contribution in [2.45, 2.75) is 53.9 Å². The van der Waals surface area contributed by atoms with E-state index in [1.165, 1.54) is 19.3 Å². The zero-order valence-electron chi connectivity index (χ0n) is 9.35. The van der Waals surface area contributed by atoms with Gasteiger partial charge in [0, 0.05) is 0 Å². The third-order valence-electron chi connectivity index (χ3n) is 3.81. The Morgan fingerprint density at radius 1 is 1.17 bits per heavy atom. The molecule has 0 radical (unpaired) electrons. The van der Waals surface area contributed by atoms with Gasteiger partial charge in [0.15, 0.2) is 0 Å². The second-order valence-corrected chi connectivity index (χ2v) is 5.83. The van der Waals surface area contributed by atoms with Gasteiger partial charge in [-0.1, -0.05) is 41.0 Å². The van der Waals surface area contributed by atoms with Gasteiger partial charge in [-0.15, -0.1) is 0 Å². The van der Waals surface area contributed by atoms with Crippen LogP contribution in [-0.4, -0.2) is 0 Å². The second-order valence-electron chi connectivity index (χ2n) is 5.83. The minimum atomic E-state index is 0.509. The van der Waals surface area contributed by atoms with E-state index in [2.05, 4.69) is 34.6 Å². The Morgan fingerprint density at radius 2 is 1.75 bits per heavy atom. The summed E-state index contributed by atoms with van der Waals surface area (Å²) in [6.45, 7) is 12.0. The van der Waals surface area contributed by atoms with Crippen molar-refractivity contribution in [3.63, 3.8) is 0 Å². The van der Waals surface area contributed by atoms with E-state index in [-0.39, 0.29) is 0 Å². The van der Waals surface area contributed by atoms with Crippen molar-refractivity contribution in [2.75, 3.05) is 0 Å². The monoisotopic (exact) mass is 168 g/mol. The second kappa shape index (κ2) is 3.40. The molecule has 12 heavy (non-hydrogen) atoms. The summed E-state index contributed by atoms with van der Waals surface area (Å²) in [4.78, 5) is 0. The molecule has 0 aromatic heterocycles. The molecule has 0 aromatic carbocycles. The third-order valence-corrected chi connectivity index (χ3v) is 3.81. The lowest BCUT2D eigenvalue weighted by Gasteiger charge is -2.32. The molecule has 0 aromatic rings. The first kappa shape index (κ1) is 10.1. The zero-order chi connectivity index (χ0) is 9.35. The molecule has 1 aliphatic carbocycles. The topological polar surface area (TPSA) is 0 Å². The highest BCUT2D eigenvalue weighted by atomic mass is 14.4. The van der Waals surface area contributed by atoms with Crippen molar-refractivity contribution in [2.24, 2.45) is 23.2 Å². The number of rotatable bonds is 1. The summed E-state index contributed by atoms with van der Waals surface area (Å²) in [5.41, 5.74) is 0.509. The van der Waals surface area contributed by atoms with E-state index in [0.717, 1.165) is 17.8 Å². The average molecular weight is 168 g/mol. The minimum absolute atomic E-state index is 0.509. The van der Waals surface area contributed by atoms with E-state index in [9.17, 15) is 0 Å². The Hall–Kier alpha value is 0. The highest BCUT2D eigenvalue weighted by molar-refractivity contribution is 4.82. The molecule has 0 N–H and O–H groups in total. The van der Waals surface area contributed by atoms with Crippen LogP contribution in [-0.2, 0) is 0 Å². The van der Waals surface area contributed by atoms with Gasteiger partial charge in [-0.2, -0.15) is 0 Å². The Labute approximate surface area is 77.7 Å². The van der Waals surface area contributed by atoms with Crippen molar-refractivity contribution in [3.05, 3.63) is 0 Å². The molecule has 0 amide bonds. The molecular formula is C12H24. The van der Waals surface area contributed by atoms with Crippen LogP contribution in [0.1, 0.15) is 53.9 Å². The molecule has 1 aliphatic rings. The average Bonchev–Trinajstić information content (AvgIpc) is 2.32. The molecule has 0 heterocycles. The van der Waals surface area contributed by atoms with Gasteiger partial charge in [0.2, 0.25) is 0 Å². The molecule has 0 bridgehead atoms. The van der Waals surface area contributed by atoms with Crippen molar-refractivity contribution < 1.29 is 0 Å². The lowest BCUT2D eigenvalue weighted by molar-refractivity contribution is 0.176. The highest BCUT2D eigenvalue weighted by Gasteiger charge is 2.32. The van der Waals surface area contributed by atoms with Crippen molar-refractivity contribution in [1.29, 1.82) is 0 Å². The maximum atomic E-state index is 2.43. The van der Waals surface area contributed by atoms with Crippen LogP contribution in [0.5, 0.6) is 0 Å². The van der Waals surface area contributed by atoms with E-state index in [1.807, 2.05) is 0 Å². The van der Waals surface area contributed by atoms with Crippen LogP contribution in [0.4, 0.5) is 0 Å². The molecule has 0 heteroatoms. The largest absolute Gasteiger partial charge is 0.0625 e. The molecule has 72 valence electrons. The van der Waals surface area contributed by atoms with Crippen LogP contribution in [0.15, 0.2) is 0 Å². The van der Waals surface area contributed by atoms with E-state index in [0.29, 0.717) is 5.41 Å². The van der Waals surface area contributed by atoms with Crippen LogP contribution in [0.2, 0.25) is 0 Å². The van der Waals surface area contributed by atoms with Gasteiger partial charge in [-0.3, -0.25) is 0 Å². The van der Waals surface area contributed by atoms with E-state index in [1.54, 1.807) is 0 Å². The fourth-order valence-electron chi connectivity index (χ4n) is 2.41. The quantitative estimate of drug-likeness (QED) is 0.553. The van der Waals surface area contributed by atoms with E-state index in [4.69, 9.17) is 0 Å². The third kappa shape index (κ3) is 2.24. The standard InChI is InChI=1S/C12H24/c1-9-6-7-11(8-9)10(2)12(3,4)5/h9-11H,6-8H2,1-5H3. The first-order chi connectivity index (χ1) is 5.41. The van der Waals surface area contributed by atoms with Crippen LogP contribution in [0.3, 0.4) is 0 Å². The SMILES string of the molecule is CC1CCC(C(C)C(C)(C)C)C1.